The number of hydrogen-bond donors (Lipinski definition) is 2. The Labute approximate surface area is 103 Å². The molecule has 0 aromatic heterocycles. The van der Waals surface area contributed by atoms with Gasteiger partial charge in [-0.1, -0.05) is 12.1 Å². The number of carbonyl (C=O) groups excluding carboxylic acids is 2. The lowest BCUT2D eigenvalue weighted by Gasteiger charge is -2.35. The van der Waals surface area contributed by atoms with E-state index in [4.69, 9.17) is 4.74 Å². The summed E-state index contributed by atoms with van der Waals surface area (Å²) in [6, 6.07) is -1.53. The number of carbonyl (C=O) groups is 2. The zero-order valence-electron chi connectivity index (χ0n) is 10.1. The molecule has 0 aromatic carbocycles. The number of nitroso groups, excluding NO2 is 1. The molecule has 5 unspecified atom stereocenters. The molecule has 2 aliphatic heterocycles. The predicted octanol–water partition coefficient (Wildman–Crippen LogP) is -0.585. The summed E-state index contributed by atoms with van der Waals surface area (Å²) >= 11 is 0. The molecule has 2 saturated heterocycles. The average Bonchev–Trinajstić information content (AvgIpc) is 2.59. The number of imide groups is 1. The quantitative estimate of drug-likeness (QED) is 0.643. The lowest BCUT2D eigenvalue weighted by atomic mass is 10.1. The zero-order valence-corrected chi connectivity index (χ0v) is 10.1. The second-order valence-electron chi connectivity index (χ2n) is 4.67. The van der Waals surface area contributed by atoms with Gasteiger partial charge in [-0.2, -0.15) is 4.91 Å². The summed E-state index contributed by atoms with van der Waals surface area (Å²) in [6.07, 6.45) is -2.69. The SMILES string of the molecule is CC1CN(C2OC(C)C(N=O)C2O)C(=O)NC1=O. The van der Waals surface area contributed by atoms with Crippen LogP contribution >= 0.6 is 0 Å². The van der Waals surface area contributed by atoms with Crippen LogP contribution in [0.2, 0.25) is 0 Å². The highest BCUT2D eigenvalue weighted by Gasteiger charge is 2.48. The molecule has 18 heavy (non-hydrogen) atoms. The second-order valence-corrected chi connectivity index (χ2v) is 4.67. The van der Waals surface area contributed by atoms with Crippen molar-refractivity contribution < 1.29 is 19.4 Å². The van der Waals surface area contributed by atoms with Gasteiger partial charge in [0.05, 0.1) is 12.0 Å². The Morgan fingerprint density at radius 3 is 2.67 bits per heavy atom. The largest absolute Gasteiger partial charge is 0.386 e. The van der Waals surface area contributed by atoms with Gasteiger partial charge in [-0.15, -0.1) is 0 Å². The maximum atomic E-state index is 11.7. The van der Waals surface area contributed by atoms with Crippen LogP contribution in [0.4, 0.5) is 4.79 Å². The molecular formula is C10H15N3O5. The van der Waals surface area contributed by atoms with E-state index < -0.39 is 36.4 Å². The van der Waals surface area contributed by atoms with E-state index in [0.29, 0.717) is 0 Å². The molecule has 2 fully saturated rings. The minimum atomic E-state index is -1.18. The first-order valence-corrected chi connectivity index (χ1v) is 5.73. The van der Waals surface area contributed by atoms with Crippen molar-refractivity contribution >= 4 is 11.9 Å². The molecule has 3 amide bonds. The Morgan fingerprint density at radius 1 is 1.44 bits per heavy atom. The first kappa shape index (κ1) is 12.9. The topological polar surface area (TPSA) is 108 Å². The molecular weight excluding hydrogens is 242 g/mol. The van der Waals surface area contributed by atoms with Gasteiger partial charge >= 0.3 is 6.03 Å². The van der Waals surface area contributed by atoms with Crippen molar-refractivity contribution in [2.24, 2.45) is 11.1 Å². The molecule has 2 N–H and O–H groups in total. The van der Waals surface area contributed by atoms with Crippen molar-refractivity contribution in [1.82, 2.24) is 10.2 Å². The van der Waals surface area contributed by atoms with Gasteiger partial charge in [-0.25, -0.2) is 4.79 Å². The minimum absolute atomic E-state index is 0.144. The van der Waals surface area contributed by atoms with Crippen LogP contribution in [0.1, 0.15) is 13.8 Å². The highest BCUT2D eigenvalue weighted by molar-refractivity contribution is 5.97. The van der Waals surface area contributed by atoms with Crippen LogP contribution in [-0.2, 0) is 9.53 Å². The van der Waals surface area contributed by atoms with Crippen molar-refractivity contribution in [2.45, 2.75) is 38.3 Å². The van der Waals surface area contributed by atoms with Gasteiger partial charge in [0.15, 0.2) is 6.23 Å². The third-order valence-electron chi connectivity index (χ3n) is 3.32. The number of rotatable bonds is 2. The molecule has 0 saturated carbocycles. The maximum absolute atomic E-state index is 11.7. The first-order valence-electron chi connectivity index (χ1n) is 5.73. The van der Waals surface area contributed by atoms with E-state index in [-0.39, 0.29) is 12.5 Å². The number of aliphatic hydroxyl groups excluding tert-OH is 1. The normalized spacial score (nSPS) is 40.8. The Kier molecular flexibility index (Phi) is 3.31. The summed E-state index contributed by atoms with van der Waals surface area (Å²) < 4.78 is 5.38. The molecule has 2 aliphatic rings. The lowest BCUT2D eigenvalue weighted by molar-refractivity contribution is -0.129. The maximum Gasteiger partial charge on any atom is 0.326 e. The number of amides is 3. The van der Waals surface area contributed by atoms with E-state index in [1.807, 2.05) is 0 Å². The fraction of sp³-hybridized carbons (Fsp3) is 0.800. The first-order chi connectivity index (χ1) is 8.45. The van der Waals surface area contributed by atoms with E-state index in [2.05, 4.69) is 10.5 Å². The fourth-order valence-corrected chi connectivity index (χ4v) is 2.21. The standard InChI is InChI=1S/C10H15N3O5/c1-4-3-13(10(16)11-8(4)15)9-7(14)6(12-17)5(2)18-9/h4-7,9,14H,3H2,1-2H3,(H,11,15,16). The van der Waals surface area contributed by atoms with E-state index in [9.17, 15) is 19.6 Å². The number of hydrogen-bond acceptors (Lipinski definition) is 6. The zero-order chi connectivity index (χ0) is 13.4. The summed E-state index contributed by atoms with van der Waals surface area (Å²) in [5.74, 6) is -0.751. The molecule has 0 aromatic rings. The minimum Gasteiger partial charge on any atom is -0.386 e. The van der Waals surface area contributed by atoms with Crippen LogP contribution in [0.15, 0.2) is 5.18 Å². The van der Waals surface area contributed by atoms with E-state index in [1.54, 1.807) is 13.8 Å². The third-order valence-corrected chi connectivity index (χ3v) is 3.32. The second kappa shape index (κ2) is 4.62. The van der Waals surface area contributed by atoms with Crippen molar-refractivity contribution in [1.29, 1.82) is 0 Å². The summed E-state index contributed by atoms with van der Waals surface area (Å²) in [6.45, 7) is 3.41. The molecule has 0 spiro atoms. The predicted molar refractivity (Wildman–Crippen MR) is 59.3 cm³/mol. The van der Waals surface area contributed by atoms with Gasteiger partial charge in [0, 0.05) is 6.54 Å². The number of nitrogens with one attached hydrogen (secondary N) is 1. The smallest absolute Gasteiger partial charge is 0.326 e. The van der Waals surface area contributed by atoms with Crippen LogP contribution in [-0.4, -0.2) is 53.0 Å². The van der Waals surface area contributed by atoms with Crippen LogP contribution in [0, 0.1) is 10.8 Å². The number of urea groups is 1. The Balaban J connectivity index is 2.15. The monoisotopic (exact) mass is 257 g/mol. The molecule has 0 aliphatic carbocycles. The summed E-state index contributed by atoms with van der Waals surface area (Å²) in [5, 5.41) is 14.9. The highest BCUT2D eigenvalue weighted by atomic mass is 16.5. The van der Waals surface area contributed by atoms with Gasteiger partial charge in [0.1, 0.15) is 12.1 Å². The highest BCUT2D eigenvalue weighted by Crippen LogP contribution is 2.27. The van der Waals surface area contributed by atoms with Crippen molar-refractivity contribution in [3.8, 4) is 0 Å². The van der Waals surface area contributed by atoms with E-state index in [1.165, 1.54) is 4.90 Å². The van der Waals surface area contributed by atoms with Crippen molar-refractivity contribution in [3.05, 3.63) is 4.91 Å². The third kappa shape index (κ3) is 1.97. The van der Waals surface area contributed by atoms with Crippen LogP contribution < -0.4 is 5.32 Å². The summed E-state index contributed by atoms with van der Waals surface area (Å²) in [4.78, 5) is 34.8. The van der Waals surface area contributed by atoms with Gasteiger partial charge in [-0.05, 0) is 6.92 Å². The van der Waals surface area contributed by atoms with Crippen LogP contribution in [0.3, 0.4) is 0 Å². The van der Waals surface area contributed by atoms with Gasteiger partial charge in [0.2, 0.25) is 5.91 Å². The molecule has 0 bridgehead atoms. The van der Waals surface area contributed by atoms with Crippen molar-refractivity contribution in [2.75, 3.05) is 6.54 Å². The molecule has 8 nitrogen and oxygen atoms in total. The molecule has 5 atom stereocenters. The van der Waals surface area contributed by atoms with Gasteiger partial charge < -0.3 is 9.84 Å². The number of aliphatic hydroxyl groups is 1. The molecule has 0 radical (unpaired) electrons. The van der Waals surface area contributed by atoms with Gasteiger partial charge in [0.25, 0.3) is 0 Å². The summed E-state index contributed by atoms with van der Waals surface area (Å²) in [5.41, 5.74) is 0. The molecule has 8 heteroatoms. The average molecular weight is 257 g/mol. The Bertz CT molecular complexity index is 388. The molecule has 2 heterocycles. The lowest BCUT2D eigenvalue weighted by Crippen LogP contribution is -2.59. The van der Waals surface area contributed by atoms with E-state index >= 15 is 0 Å². The van der Waals surface area contributed by atoms with Gasteiger partial charge in [-0.3, -0.25) is 15.0 Å². The molecule has 2 rings (SSSR count). The van der Waals surface area contributed by atoms with Crippen LogP contribution in [0.25, 0.3) is 0 Å². The summed E-state index contributed by atoms with van der Waals surface area (Å²) in [7, 11) is 0. The number of nitrogens with zero attached hydrogens (tertiary/aromatic N) is 2. The molecule has 100 valence electrons. The Morgan fingerprint density at radius 2 is 2.11 bits per heavy atom. The number of ether oxygens (including phenoxy) is 1. The Hall–Kier alpha value is -1.54. The van der Waals surface area contributed by atoms with Crippen LogP contribution in [0.5, 0.6) is 0 Å². The van der Waals surface area contributed by atoms with E-state index in [0.717, 1.165) is 0 Å². The van der Waals surface area contributed by atoms with Crippen molar-refractivity contribution in [3.63, 3.8) is 0 Å². The fourth-order valence-electron chi connectivity index (χ4n) is 2.21.